The molecular formula is C23H28FN3O. The second-order valence-corrected chi connectivity index (χ2v) is 8.20. The van der Waals surface area contributed by atoms with E-state index >= 15 is 0 Å². The van der Waals surface area contributed by atoms with Crippen molar-refractivity contribution in [2.75, 3.05) is 26.7 Å². The minimum Gasteiger partial charge on any atom is -0.338 e. The molecule has 0 bridgehead atoms. The van der Waals surface area contributed by atoms with Gasteiger partial charge in [-0.25, -0.2) is 4.39 Å². The van der Waals surface area contributed by atoms with Crippen LogP contribution in [0.15, 0.2) is 48.5 Å². The van der Waals surface area contributed by atoms with Crippen LogP contribution in [0.2, 0.25) is 0 Å². The Bertz CT molecular complexity index is 846. The predicted octanol–water partition coefficient (Wildman–Crippen LogP) is 3.21. The number of likely N-dealkylation sites (tertiary alicyclic amines) is 1. The number of piperidine rings is 1. The van der Waals surface area contributed by atoms with Gasteiger partial charge in [0.1, 0.15) is 5.82 Å². The van der Waals surface area contributed by atoms with Gasteiger partial charge < -0.3 is 4.90 Å². The van der Waals surface area contributed by atoms with Crippen molar-refractivity contribution >= 4 is 5.91 Å². The lowest BCUT2D eigenvalue weighted by Crippen LogP contribution is -2.58. The van der Waals surface area contributed by atoms with E-state index in [9.17, 15) is 9.18 Å². The molecule has 2 saturated heterocycles. The summed E-state index contributed by atoms with van der Waals surface area (Å²) in [5.74, 6) is -0.393. The summed E-state index contributed by atoms with van der Waals surface area (Å²) in [6, 6.07) is 15.7. The smallest absolute Gasteiger partial charge is 0.253 e. The maximum Gasteiger partial charge on any atom is 0.253 e. The second kappa shape index (κ2) is 7.64. The Morgan fingerprint density at radius 2 is 1.89 bits per heavy atom. The Balaban J connectivity index is 1.39. The van der Waals surface area contributed by atoms with E-state index in [1.807, 2.05) is 11.0 Å². The van der Waals surface area contributed by atoms with E-state index in [1.54, 1.807) is 19.1 Å². The first-order chi connectivity index (χ1) is 13.5. The third kappa shape index (κ3) is 3.69. The Hall–Kier alpha value is -2.24. The lowest BCUT2D eigenvalue weighted by molar-refractivity contribution is 0.0417. The van der Waals surface area contributed by atoms with E-state index in [2.05, 4.69) is 41.5 Å². The Morgan fingerprint density at radius 3 is 2.57 bits per heavy atom. The van der Waals surface area contributed by atoms with Crippen LogP contribution in [0.5, 0.6) is 0 Å². The van der Waals surface area contributed by atoms with Crippen LogP contribution < -0.4 is 5.32 Å². The molecule has 0 saturated carbocycles. The molecule has 0 aliphatic carbocycles. The highest BCUT2D eigenvalue weighted by Crippen LogP contribution is 2.31. The van der Waals surface area contributed by atoms with Gasteiger partial charge in [-0.3, -0.25) is 15.0 Å². The van der Waals surface area contributed by atoms with Crippen LogP contribution in [0.25, 0.3) is 0 Å². The molecule has 2 aromatic rings. The summed E-state index contributed by atoms with van der Waals surface area (Å²) in [5.41, 5.74) is 2.30. The van der Waals surface area contributed by atoms with Gasteiger partial charge in [0.2, 0.25) is 0 Å². The van der Waals surface area contributed by atoms with Gasteiger partial charge in [-0.05, 0) is 56.5 Å². The highest BCUT2D eigenvalue weighted by atomic mass is 19.1. The van der Waals surface area contributed by atoms with Gasteiger partial charge in [-0.2, -0.15) is 0 Å². The first-order valence-electron chi connectivity index (χ1n) is 10.1. The topological polar surface area (TPSA) is 35.6 Å². The third-order valence-corrected chi connectivity index (χ3v) is 6.32. The third-order valence-electron chi connectivity index (χ3n) is 6.32. The molecule has 4 rings (SSSR count). The zero-order chi connectivity index (χ0) is 19.7. The van der Waals surface area contributed by atoms with Gasteiger partial charge in [0, 0.05) is 31.2 Å². The maximum absolute atomic E-state index is 13.8. The number of nitrogens with zero attached hydrogens (tertiary/aromatic N) is 2. The molecule has 1 amide bonds. The molecule has 28 heavy (non-hydrogen) atoms. The van der Waals surface area contributed by atoms with E-state index in [-0.39, 0.29) is 17.4 Å². The Morgan fingerprint density at radius 1 is 1.18 bits per heavy atom. The summed E-state index contributed by atoms with van der Waals surface area (Å²) in [6.45, 7) is 4.08. The van der Waals surface area contributed by atoms with E-state index in [0.29, 0.717) is 30.3 Å². The second-order valence-electron chi connectivity index (χ2n) is 8.20. The van der Waals surface area contributed by atoms with Gasteiger partial charge in [0.05, 0.1) is 5.66 Å². The number of amides is 1. The summed E-state index contributed by atoms with van der Waals surface area (Å²) in [4.78, 5) is 17.0. The number of halogens is 1. The van der Waals surface area contributed by atoms with Crippen molar-refractivity contribution < 1.29 is 9.18 Å². The highest BCUT2D eigenvalue weighted by molar-refractivity contribution is 5.94. The molecule has 0 aromatic heterocycles. The van der Waals surface area contributed by atoms with Crippen molar-refractivity contribution in [2.45, 2.75) is 37.9 Å². The molecule has 148 valence electrons. The van der Waals surface area contributed by atoms with Crippen LogP contribution in [0.3, 0.4) is 0 Å². The zero-order valence-electron chi connectivity index (χ0n) is 16.6. The molecule has 0 radical (unpaired) electrons. The van der Waals surface area contributed by atoms with Crippen molar-refractivity contribution in [3.05, 3.63) is 71.0 Å². The predicted molar refractivity (Wildman–Crippen MR) is 109 cm³/mol. The number of benzene rings is 2. The molecule has 5 heteroatoms. The minimum absolute atomic E-state index is 0.0469. The molecule has 1 spiro atoms. The fourth-order valence-electron chi connectivity index (χ4n) is 4.57. The number of hydrogen-bond donors (Lipinski definition) is 1. The fourth-order valence-corrected chi connectivity index (χ4v) is 4.57. The van der Waals surface area contributed by atoms with E-state index in [4.69, 9.17) is 0 Å². The molecule has 4 nitrogen and oxygen atoms in total. The van der Waals surface area contributed by atoms with Crippen LogP contribution >= 0.6 is 0 Å². The fraction of sp³-hybridized carbons (Fsp3) is 0.435. The summed E-state index contributed by atoms with van der Waals surface area (Å²) < 4.78 is 13.8. The van der Waals surface area contributed by atoms with E-state index in [1.165, 1.54) is 11.6 Å². The maximum atomic E-state index is 13.8. The quantitative estimate of drug-likeness (QED) is 0.887. The molecule has 2 heterocycles. The monoisotopic (exact) mass is 381 g/mol. The minimum atomic E-state index is -0.319. The lowest BCUT2D eigenvalue weighted by Gasteiger charge is -2.43. The molecule has 2 aliphatic heterocycles. The molecule has 1 unspecified atom stereocenters. The van der Waals surface area contributed by atoms with Crippen LogP contribution in [-0.4, -0.2) is 54.1 Å². The molecule has 1 N–H and O–H groups in total. The Labute approximate surface area is 166 Å². The zero-order valence-corrected chi connectivity index (χ0v) is 16.6. The van der Waals surface area contributed by atoms with Gasteiger partial charge >= 0.3 is 0 Å². The lowest BCUT2D eigenvalue weighted by atomic mass is 9.95. The van der Waals surface area contributed by atoms with Crippen molar-refractivity contribution in [1.29, 1.82) is 0 Å². The first-order valence-corrected chi connectivity index (χ1v) is 10.1. The van der Waals surface area contributed by atoms with Crippen molar-refractivity contribution in [2.24, 2.45) is 0 Å². The standard InChI is InChI=1S/C23H28FN3O/c1-17-8-9-19(15-21(17)24)22(28)27-12-10-23(11-13-27)25-20(16-26(23)2)14-18-6-4-3-5-7-18/h3-9,15,20,25H,10-14,16H2,1-2H3. The van der Waals surface area contributed by atoms with Crippen molar-refractivity contribution in [3.63, 3.8) is 0 Å². The SMILES string of the molecule is Cc1ccc(C(=O)N2CCC3(CC2)NC(Cc2ccccc2)CN3C)cc1F. The number of carbonyl (C=O) groups excluding carboxylic acids is 1. The highest BCUT2D eigenvalue weighted by Gasteiger charge is 2.45. The molecule has 2 fully saturated rings. The normalized spacial score (nSPS) is 22.0. The van der Waals surface area contributed by atoms with Crippen molar-refractivity contribution in [3.8, 4) is 0 Å². The van der Waals surface area contributed by atoms with Crippen LogP contribution in [0.4, 0.5) is 4.39 Å². The largest absolute Gasteiger partial charge is 0.338 e. The molecular weight excluding hydrogens is 353 g/mol. The van der Waals surface area contributed by atoms with Crippen LogP contribution in [0.1, 0.15) is 34.3 Å². The number of nitrogens with one attached hydrogen (secondary N) is 1. The van der Waals surface area contributed by atoms with Gasteiger partial charge in [-0.1, -0.05) is 36.4 Å². The number of likely N-dealkylation sites (N-methyl/N-ethyl adjacent to an activating group) is 1. The van der Waals surface area contributed by atoms with Gasteiger partial charge in [0.15, 0.2) is 0 Å². The molecule has 1 atom stereocenters. The summed E-state index contributed by atoms with van der Waals surface area (Å²) in [5, 5.41) is 3.85. The van der Waals surface area contributed by atoms with Crippen LogP contribution in [0, 0.1) is 12.7 Å². The van der Waals surface area contributed by atoms with E-state index < -0.39 is 0 Å². The van der Waals surface area contributed by atoms with Crippen molar-refractivity contribution in [1.82, 2.24) is 15.1 Å². The average Bonchev–Trinajstić information content (AvgIpc) is 2.99. The van der Waals surface area contributed by atoms with Gasteiger partial charge in [0.25, 0.3) is 5.91 Å². The number of aryl methyl sites for hydroxylation is 1. The number of hydrogen-bond acceptors (Lipinski definition) is 3. The van der Waals surface area contributed by atoms with Crippen LogP contribution in [-0.2, 0) is 6.42 Å². The number of carbonyl (C=O) groups is 1. The molecule has 2 aliphatic rings. The summed E-state index contributed by atoms with van der Waals surface area (Å²) >= 11 is 0. The number of rotatable bonds is 3. The Kier molecular flexibility index (Phi) is 5.21. The average molecular weight is 381 g/mol. The van der Waals surface area contributed by atoms with Gasteiger partial charge in [-0.15, -0.1) is 0 Å². The molecule has 2 aromatic carbocycles. The summed E-state index contributed by atoms with van der Waals surface area (Å²) in [6.07, 6.45) is 2.78. The van der Waals surface area contributed by atoms with E-state index in [0.717, 1.165) is 25.8 Å². The first kappa shape index (κ1) is 19.1. The summed E-state index contributed by atoms with van der Waals surface area (Å²) in [7, 11) is 2.17.